The average molecular weight is 259 g/mol. The molecule has 2 aromatic rings. The summed E-state index contributed by atoms with van der Waals surface area (Å²) in [5.74, 6) is -2.44. The van der Waals surface area contributed by atoms with Crippen LogP contribution in [0.4, 0.5) is 8.78 Å². The van der Waals surface area contributed by atoms with Gasteiger partial charge >= 0.3 is 0 Å². The van der Waals surface area contributed by atoms with E-state index in [1.54, 1.807) is 0 Å². The third-order valence-electron chi connectivity index (χ3n) is 2.34. The molecule has 0 saturated heterocycles. The number of halogens is 2. The lowest BCUT2D eigenvalue weighted by Crippen LogP contribution is -1.95. The summed E-state index contributed by atoms with van der Waals surface area (Å²) >= 11 is 0. The summed E-state index contributed by atoms with van der Waals surface area (Å²) in [6.07, 6.45) is 0.340. The van der Waals surface area contributed by atoms with Gasteiger partial charge < -0.3 is 4.74 Å². The highest BCUT2D eigenvalue weighted by atomic mass is 19.1. The molecule has 94 valence electrons. The third kappa shape index (κ3) is 2.75. The first kappa shape index (κ1) is 12.7. The molecule has 0 fully saturated rings. The Labute approximate surface area is 107 Å². The third-order valence-corrected chi connectivity index (χ3v) is 2.34. The molecule has 0 bridgehead atoms. The number of rotatable bonds is 3. The van der Waals surface area contributed by atoms with Crippen molar-refractivity contribution >= 4 is 6.29 Å². The normalized spacial score (nSPS) is 9.74. The Morgan fingerprint density at radius 2 is 1.84 bits per heavy atom. The van der Waals surface area contributed by atoms with E-state index < -0.39 is 17.4 Å². The highest BCUT2D eigenvalue weighted by Gasteiger charge is 2.13. The van der Waals surface area contributed by atoms with Gasteiger partial charge in [0.15, 0.2) is 17.4 Å². The second-order valence-corrected chi connectivity index (χ2v) is 3.67. The summed E-state index contributed by atoms with van der Waals surface area (Å²) in [4.78, 5) is 10.5. The fourth-order valence-corrected chi connectivity index (χ4v) is 1.49. The summed E-state index contributed by atoms with van der Waals surface area (Å²) in [6.45, 7) is 0. The van der Waals surface area contributed by atoms with Gasteiger partial charge in [-0.1, -0.05) is 6.07 Å². The van der Waals surface area contributed by atoms with Gasteiger partial charge in [-0.2, -0.15) is 5.26 Å². The molecule has 0 aromatic heterocycles. The van der Waals surface area contributed by atoms with Gasteiger partial charge in [-0.25, -0.2) is 8.78 Å². The quantitative estimate of drug-likeness (QED) is 0.793. The number of hydrogen-bond donors (Lipinski definition) is 0. The maximum atomic E-state index is 13.6. The average Bonchev–Trinajstić information content (AvgIpc) is 2.42. The number of hydrogen-bond acceptors (Lipinski definition) is 3. The van der Waals surface area contributed by atoms with Gasteiger partial charge in [0.25, 0.3) is 0 Å². The van der Waals surface area contributed by atoms with E-state index in [1.165, 1.54) is 24.3 Å². The Kier molecular flexibility index (Phi) is 3.53. The van der Waals surface area contributed by atoms with Crippen molar-refractivity contribution in [1.82, 2.24) is 0 Å². The zero-order valence-electron chi connectivity index (χ0n) is 9.56. The first-order valence-corrected chi connectivity index (χ1v) is 5.26. The van der Waals surface area contributed by atoms with E-state index in [1.807, 2.05) is 6.07 Å². The van der Waals surface area contributed by atoms with Crippen LogP contribution in [0.3, 0.4) is 0 Å². The van der Waals surface area contributed by atoms with Crippen LogP contribution in [0.15, 0.2) is 36.4 Å². The van der Waals surface area contributed by atoms with E-state index in [-0.39, 0.29) is 11.3 Å². The molecule has 0 aliphatic carbocycles. The first-order chi connectivity index (χ1) is 9.13. The van der Waals surface area contributed by atoms with Gasteiger partial charge in [0.1, 0.15) is 12.0 Å². The largest absolute Gasteiger partial charge is 0.451 e. The highest BCUT2D eigenvalue weighted by molar-refractivity contribution is 5.75. The molecule has 0 spiro atoms. The predicted molar refractivity (Wildman–Crippen MR) is 63.0 cm³/mol. The molecule has 0 heterocycles. The van der Waals surface area contributed by atoms with Gasteiger partial charge in [0.2, 0.25) is 0 Å². The summed E-state index contributed by atoms with van der Waals surface area (Å²) in [5.41, 5.74) is 0.191. The summed E-state index contributed by atoms with van der Waals surface area (Å²) in [5, 5.41) is 8.71. The van der Waals surface area contributed by atoms with Crippen molar-refractivity contribution in [3.63, 3.8) is 0 Å². The molecule has 0 atom stereocenters. The maximum absolute atomic E-state index is 13.6. The molecule has 2 aromatic carbocycles. The standard InChI is InChI=1S/C14H7F2NO2/c15-12-5-10(8-18)6-13(16)14(12)19-11-3-1-2-9(4-11)7-17/h1-6,8H. The fraction of sp³-hybridized carbons (Fsp3) is 0. The number of carbonyl (C=O) groups is 1. The van der Waals surface area contributed by atoms with Gasteiger partial charge in [0, 0.05) is 5.56 Å². The van der Waals surface area contributed by atoms with Crippen molar-refractivity contribution in [2.24, 2.45) is 0 Å². The Morgan fingerprint density at radius 3 is 2.42 bits per heavy atom. The molecule has 0 unspecified atom stereocenters. The molecular weight excluding hydrogens is 252 g/mol. The van der Waals surface area contributed by atoms with Crippen LogP contribution in [0, 0.1) is 23.0 Å². The molecule has 0 aliphatic heterocycles. The van der Waals surface area contributed by atoms with E-state index in [4.69, 9.17) is 10.00 Å². The molecule has 0 N–H and O–H groups in total. The lowest BCUT2D eigenvalue weighted by molar-refractivity contribution is 0.112. The number of aldehydes is 1. The molecule has 3 nitrogen and oxygen atoms in total. The van der Waals surface area contributed by atoms with E-state index in [0.717, 1.165) is 12.1 Å². The van der Waals surface area contributed by atoms with E-state index >= 15 is 0 Å². The van der Waals surface area contributed by atoms with Gasteiger partial charge in [-0.05, 0) is 30.3 Å². The number of carbonyl (C=O) groups excluding carboxylic acids is 1. The van der Waals surface area contributed by atoms with Gasteiger partial charge in [-0.15, -0.1) is 0 Å². The van der Waals surface area contributed by atoms with Crippen molar-refractivity contribution in [2.45, 2.75) is 0 Å². The van der Waals surface area contributed by atoms with Crippen LogP contribution in [0.2, 0.25) is 0 Å². The molecule has 2 rings (SSSR count). The van der Waals surface area contributed by atoms with E-state index in [9.17, 15) is 13.6 Å². The van der Waals surface area contributed by atoms with Crippen molar-refractivity contribution in [3.8, 4) is 17.6 Å². The molecule has 0 aliphatic rings. The number of ether oxygens (including phenoxy) is 1. The SMILES string of the molecule is N#Cc1cccc(Oc2c(F)cc(C=O)cc2F)c1. The van der Waals surface area contributed by atoms with Crippen LogP contribution in [0.1, 0.15) is 15.9 Å². The minimum absolute atomic E-state index is 0.117. The van der Waals surface area contributed by atoms with E-state index in [2.05, 4.69) is 0 Å². The molecule has 19 heavy (non-hydrogen) atoms. The Bertz CT molecular complexity index is 654. The monoisotopic (exact) mass is 259 g/mol. The maximum Gasteiger partial charge on any atom is 0.198 e. The molecule has 0 saturated carbocycles. The number of benzene rings is 2. The topological polar surface area (TPSA) is 50.1 Å². The van der Waals surface area contributed by atoms with Crippen molar-refractivity contribution < 1.29 is 18.3 Å². The van der Waals surface area contributed by atoms with Crippen LogP contribution >= 0.6 is 0 Å². The number of nitrogens with zero attached hydrogens (tertiary/aromatic N) is 1. The molecule has 5 heteroatoms. The van der Waals surface area contributed by atoms with Gasteiger partial charge in [0.05, 0.1) is 11.6 Å². The Morgan fingerprint density at radius 1 is 1.16 bits per heavy atom. The fourth-order valence-electron chi connectivity index (χ4n) is 1.49. The van der Waals surface area contributed by atoms with Crippen molar-refractivity contribution in [2.75, 3.05) is 0 Å². The Hall–Kier alpha value is -2.74. The van der Waals surface area contributed by atoms with Crippen LogP contribution < -0.4 is 4.74 Å². The lowest BCUT2D eigenvalue weighted by Gasteiger charge is -2.08. The smallest absolute Gasteiger partial charge is 0.198 e. The second kappa shape index (κ2) is 5.27. The van der Waals surface area contributed by atoms with Crippen LogP contribution in [0.25, 0.3) is 0 Å². The lowest BCUT2D eigenvalue weighted by atomic mass is 10.2. The predicted octanol–water partition coefficient (Wildman–Crippen LogP) is 3.44. The van der Waals surface area contributed by atoms with Crippen molar-refractivity contribution in [3.05, 3.63) is 59.2 Å². The minimum atomic E-state index is -0.982. The van der Waals surface area contributed by atoms with Crippen molar-refractivity contribution in [1.29, 1.82) is 5.26 Å². The van der Waals surface area contributed by atoms with E-state index in [0.29, 0.717) is 11.8 Å². The summed E-state index contributed by atoms with van der Waals surface area (Å²) in [7, 11) is 0. The Balaban J connectivity index is 2.38. The zero-order chi connectivity index (χ0) is 13.8. The van der Waals surface area contributed by atoms with Crippen LogP contribution in [0.5, 0.6) is 11.5 Å². The molecular formula is C14H7F2NO2. The van der Waals surface area contributed by atoms with Crippen LogP contribution in [-0.2, 0) is 0 Å². The minimum Gasteiger partial charge on any atom is -0.451 e. The summed E-state index contributed by atoms with van der Waals surface area (Å²) in [6, 6.07) is 9.52. The second-order valence-electron chi connectivity index (χ2n) is 3.67. The number of nitriles is 1. The zero-order valence-corrected chi connectivity index (χ0v) is 9.56. The molecule has 0 amide bonds. The summed E-state index contributed by atoms with van der Waals surface area (Å²) < 4.78 is 32.2. The molecule has 0 radical (unpaired) electrons. The first-order valence-electron chi connectivity index (χ1n) is 5.26. The van der Waals surface area contributed by atoms with Gasteiger partial charge in [-0.3, -0.25) is 4.79 Å². The highest BCUT2D eigenvalue weighted by Crippen LogP contribution is 2.28. The van der Waals surface area contributed by atoms with Crippen LogP contribution in [-0.4, -0.2) is 6.29 Å².